The molecule has 0 aliphatic carbocycles. The summed E-state index contributed by atoms with van der Waals surface area (Å²) in [6.07, 6.45) is 1.23. The van der Waals surface area contributed by atoms with E-state index in [9.17, 15) is 9.36 Å². The van der Waals surface area contributed by atoms with Gasteiger partial charge in [0, 0.05) is 12.7 Å². The summed E-state index contributed by atoms with van der Waals surface area (Å²) in [4.78, 5) is 11.7. The lowest BCUT2D eigenvalue weighted by Gasteiger charge is -2.18. The molecular formula is C16H26NO3P. The van der Waals surface area contributed by atoms with Gasteiger partial charge in [-0.1, -0.05) is 44.2 Å². The molecule has 1 rings (SSSR count). The zero-order valence-corrected chi connectivity index (χ0v) is 14.1. The van der Waals surface area contributed by atoms with Crippen LogP contribution in [0, 0.1) is 11.8 Å². The molecule has 118 valence electrons. The Kier molecular flexibility index (Phi) is 8.14. The van der Waals surface area contributed by atoms with Crippen LogP contribution in [0.4, 0.5) is 4.79 Å². The minimum Gasteiger partial charge on any atom is -0.445 e. The van der Waals surface area contributed by atoms with Crippen molar-refractivity contribution < 1.29 is 14.1 Å². The van der Waals surface area contributed by atoms with Crippen molar-refractivity contribution in [1.29, 1.82) is 0 Å². The van der Waals surface area contributed by atoms with E-state index >= 15 is 0 Å². The van der Waals surface area contributed by atoms with Crippen LogP contribution in [0.15, 0.2) is 30.3 Å². The minimum absolute atomic E-state index is 0.255. The lowest BCUT2D eigenvalue weighted by Crippen LogP contribution is -2.31. The maximum absolute atomic E-state index is 11.7. The van der Waals surface area contributed by atoms with Gasteiger partial charge in [-0.25, -0.2) is 4.79 Å². The Morgan fingerprint density at radius 1 is 1.29 bits per heavy atom. The molecular weight excluding hydrogens is 285 g/mol. The number of hydrogen-bond acceptors (Lipinski definition) is 3. The van der Waals surface area contributed by atoms with Crippen molar-refractivity contribution >= 4 is 13.9 Å². The maximum Gasteiger partial charge on any atom is 0.407 e. The quantitative estimate of drug-likeness (QED) is 0.744. The zero-order valence-electron chi connectivity index (χ0n) is 13.1. The fraction of sp³-hybridized carbons (Fsp3) is 0.562. The first kappa shape index (κ1) is 17.8. The highest BCUT2D eigenvalue weighted by molar-refractivity contribution is 7.43. The molecule has 0 aliphatic heterocycles. The fourth-order valence-corrected chi connectivity index (χ4v) is 3.44. The summed E-state index contributed by atoms with van der Waals surface area (Å²) in [6, 6.07) is 9.58. The SMILES string of the molecule is CC(C)CC(CNC(=O)OCc1ccccc1)C[PH](C)=O. The molecule has 4 nitrogen and oxygen atoms in total. The number of benzene rings is 1. The Morgan fingerprint density at radius 2 is 1.95 bits per heavy atom. The van der Waals surface area contributed by atoms with E-state index < -0.39 is 13.9 Å². The first-order chi connectivity index (χ1) is 9.97. The summed E-state index contributed by atoms with van der Waals surface area (Å²) >= 11 is 0. The van der Waals surface area contributed by atoms with Gasteiger partial charge >= 0.3 is 6.09 Å². The van der Waals surface area contributed by atoms with Crippen LogP contribution in [0.3, 0.4) is 0 Å². The highest BCUT2D eigenvalue weighted by Gasteiger charge is 2.14. The molecule has 2 atom stereocenters. The van der Waals surface area contributed by atoms with Crippen molar-refractivity contribution in [1.82, 2.24) is 5.32 Å². The van der Waals surface area contributed by atoms with Gasteiger partial charge in [0.2, 0.25) is 0 Å². The van der Waals surface area contributed by atoms with Crippen molar-refractivity contribution in [2.24, 2.45) is 11.8 Å². The Morgan fingerprint density at radius 3 is 2.52 bits per heavy atom. The van der Waals surface area contributed by atoms with E-state index in [1.165, 1.54) is 0 Å². The largest absolute Gasteiger partial charge is 0.445 e. The number of carbonyl (C=O) groups is 1. The van der Waals surface area contributed by atoms with E-state index in [-0.39, 0.29) is 12.5 Å². The fourth-order valence-electron chi connectivity index (χ4n) is 2.31. The molecule has 1 N–H and O–H groups in total. The number of ether oxygens (including phenoxy) is 1. The Bertz CT molecular complexity index is 448. The van der Waals surface area contributed by atoms with E-state index in [0.29, 0.717) is 18.6 Å². The Hall–Kier alpha value is -1.28. The molecule has 0 heterocycles. The van der Waals surface area contributed by atoms with Crippen molar-refractivity contribution in [2.45, 2.75) is 26.9 Å². The van der Waals surface area contributed by atoms with E-state index in [1.54, 1.807) is 6.66 Å². The monoisotopic (exact) mass is 311 g/mol. The standard InChI is InChI=1S/C16H26NO3P/c1-13(2)9-15(12-21(3)19)10-17-16(18)20-11-14-7-5-4-6-8-14/h4-8,13,15,21H,9-12H2,1-3H3,(H,17,18). The second-order valence-corrected chi connectivity index (χ2v) is 7.66. The molecule has 1 aromatic rings. The molecule has 0 radical (unpaired) electrons. The van der Waals surface area contributed by atoms with Crippen LogP contribution in [0.1, 0.15) is 25.8 Å². The van der Waals surface area contributed by atoms with Crippen LogP contribution in [0.25, 0.3) is 0 Å². The summed E-state index contributed by atoms with van der Waals surface area (Å²) < 4.78 is 16.6. The van der Waals surface area contributed by atoms with Gasteiger partial charge in [0.15, 0.2) is 0 Å². The lowest BCUT2D eigenvalue weighted by atomic mass is 9.99. The lowest BCUT2D eigenvalue weighted by molar-refractivity contribution is 0.138. The van der Waals surface area contributed by atoms with E-state index in [2.05, 4.69) is 19.2 Å². The third-order valence-corrected chi connectivity index (χ3v) is 4.28. The van der Waals surface area contributed by atoms with Crippen LogP contribution in [0.5, 0.6) is 0 Å². The third-order valence-electron chi connectivity index (χ3n) is 3.13. The number of rotatable bonds is 8. The molecule has 0 spiro atoms. The van der Waals surface area contributed by atoms with E-state index in [0.717, 1.165) is 12.0 Å². The highest BCUT2D eigenvalue weighted by Crippen LogP contribution is 2.23. The van der Waals surface area contributed by atoms with Crippen LogP contribution < -0.4 is 5.32 Å². The van der Waals surface area contributed by atoms with Gasteiger partial charge in [0.1, 0.15) is 6.61 Å². The number of nitrogens with one attached hydrogen (secondary N) is 1. The van der Waals surface area contributed by atoms with Crippen LogP contribution >= 0.6 is 7.80 Å². The van der Waals surface area contributed by atoms with Crippen molar-refractivity contribution in [3.63, 3.8) is 0 Å². The van der Waals surface area contributed by atoms with Gasteiger partial charge in [0.05, 0.1) is 7.80 Å². The van der Waals surface area contributed by atoms with Gasteiger partial charge in [-0.3, -0.25) is 0 Å². The van der Waals surface area contributed by atoms with Crippen LogP contribution in [-0.2, 0) is 15.9 Å². The number of amides is 1. The Labute approximate surface area is 128 Å². The molecule has 0 aliphatic rings. The summed E-state index contributed by atoms with van der Waals surface area (Å²) in [7, 11) is -1.52. The number of carbonyl (C=O) groups excluding carboxylic acids is 1. The molecule has 0 saturated heterocycles. The smallest absolute Gasteiger partial charge is 0.407 e. The topological polar surface area (TPSA) is 55.4 Å². The summed E-state index contributed by atoms with van der Waals surface area (Å²) in [5, 5.41) is 2.78. The van der Waals surface area contributed by atoms with Crippen molar-refractivity contribution in [2.75, 3.05) is 19.4 Å². The van der Waals surface area contributed by atoms with Gasteiger partial charge in [-0.15, -0.1) is 0 Å². The van der Waals surface area contributed by atoms with Crippen LogP contribution in [-0.4, -0.2) is 25.5 Å². The van der Waals surface area contributed by atoms with E-state index in [4.69, 9.17) is 4.74 Å². The molecule has 5 heteroatoms. The first-order valence-corrected chi connectivity index (χ1v) is 9.53. The molecule has 0 bridgehead atoms. The van der Waals surface area contributed by atoms with Crippen molar-refractivity contribution in [3.05, 3.63) is 35.9 Å². The highest BCUT2D eigenvalue weighted by atomic mass is 31.1. The second-order valence-electron chi connectivity index (χ2n) is 5.84. The molecule has 1 amide bonds. The van der Waals surface area contributed by atoms with Crippen LogP contribution in [0.2, 0.25) is 0 Å². The normalized spacial score (nSPS) is 13.7. The van der Waals surface area contributed by atoms with E-state index in [1.807, 2.05) is 30.3 Å². The zero-order chi connectivity index (χ0) is 15.7. The van der Waals surface area contributed by atoms with Gasteiger partial charge < -0.3 is 14.6 Å². The molecule has 0 saturated carbocycles. The third kappa shape index (κ3) is 8.56. The minimum atomic E-state index is -1.52. The summed E-state index contributed by atoms with van der Waals surface area (Å²) in [5.41, 5.74) is 0.963. The predicted octanol–water partition coefficient (Wildman–Crippen LogP) is 3.76. The number of alkyl carbamates (subject to hydrolysis) is 1. The predicted molar refractivity (Wildman–Crippen MR) is 87.4 cm³/mol. The second kappa shape index (κ2) is 9.62. The molecule has 0 aromatic heterocycles. The van der Waals surface area contributed by atoms with Gasteiger partial charge in [0.25, 0.3) is 0 Å². The van der Waals surface area contributed by atoms with Gasteiger partial charge in [-0.2, -0.15) is 0 Å². The average Bonchev–Trinajstić information content (AvgIpc) is 2.42. The van der Waals surface area contributed by atoms with Gasteiger partial charge in [-0.05, 0) is 30.5 Å². The van der Waals surface area contributed by atoms with Crippen molar-refractivity contribution in [3.8, 4) is 0 Å². The summed E-state index contributed by atoms with van der Waals surface area (Å²) in [6.45, 7) is 6.83. The molecule has 21 heavy (non-hydrogen) atoms. The molecule has 0 fully saturated rings. The summed E-state index contributed by atoms with van der Waals surface area (Å²) in [5.74, 6) is 0.782. The average molecular weight is 311 g/mol. The molecule has 2 unspecified atom stereocenters. The Balaban J connectivity index is 2.33. The first-order valence-electron chi connectivity index (χ1n) is 7.41. The maximum atomic E-state index is 11.7. The number of hydrogen-bond donors (Lipinski definition) is 1. The molecule has 1 aromatic carbocycles.